The quantitative estimate of drug-likeness (QED) is 0.841. The zero-order valence-corrected chi connectivity index (χ0v) is 9.08. The summed E-state index contributed by atoms with van der Waals surface area (Å²) in [6.07, 6.45) is 4.03. The first-order chi connectivity index (χ1) is 7.90. The molecule has 3 heteroatoms. The van der Waals surface area contributed by atoms with Crippen molar-refractivity contribution >= 4 is 0 Å². The highest BCUT2D eigenvalue weighted by Gasteiger charge is 2.23. The van der Waals surface area contributed by atoms with Gasteiger partial charge in [-0.15, -0.1) is 0 Å². The molecule has 1 aromatic rings. The second kappa shape index (κ2) is 5.68. The highest BCUT2D eigenvalue weighted by molar-refractivity contribution is 5.13. The van der Waals surface area contributed by atoms with E-state index in [1.54, 1.807) is 6.26 Å². The summed E-state index contributed by atoms with van der Waals surface area (Å²) in [7, 11) is 0. The summed E-state index contributed by atoms with van der Waals surface area (Å²) in [5.74, 6) is 0. The summed E-state index contributed by atoms with van der Waals surface area (Å²) < 4.78 is 11.0. The van der Waals surface area contributed by atoms with Gasteiger partial charge < -0.3 is 14.6 Å². The lowest BCUT2D eigenvalue weighted by molar-refractivity contribution is -0.0767. The van der Waals surface area contributed by atoms with E-state index in [2.05, 4.69) is 0 Å². The fourth-order valence-corrected chi connectivity index (χ4v) is 1.70. The molecule has 0 bridgehead atoms. The maximum absolute atomic E-state index is 9.12. The van der Waals surface area contributed by atoms with Crippen LogP contribution in [0.4, 0.5) is 0 Å². The molecule has 0 saturated carbocycles. The zero-order chi connectivity index (χ0) is 11.2. The van der Waals surface area contributed by atoms with Crippen LogP contribution in [0, 0.1) is 0 Å². The Morgan fingerprint density at radius 1 is 1.31 bits per heavy atom. The van der Waals surface area contributed by atoms with Gasteiger partial charge in [-0.2, -0.15) is 0 Å². The summed E-state index contributed by atoms with van der Waals surface area (Å²) in [5, 5.41) is 9.12. The molecule has 0 radical (unpaired) electrons. The molecular weight excluding hydrogens is 204 g/mol. The lowest BCUT2D eigenvalue weighted by Gasteiger charge is -2.27. The highest BCUT2D eigenvalue weighted by atomic mass is 16.5. The topological polar surface area (TPSA) is 38.7 Å². The minimum absolute atomic E-state index is 0.0101. The van der Waals surface area contributed by atoms with Crippen LogP contribution in [0.15, 0.2) is 42.7 Å². The van der Waals surface area contributed by atoms with Gasteiger partial charge in [0.15, 0.2) is 0 Å². The number of aliphatic hydroxyl groups excluding tert-OH is 1. The molecule has 16 heavy (non-hydrogen) atoms. The molecule has 2 atom stereocenters. The van der Waals surface area contributed by atoms with Gasteiger partial charge in [0, 0.05) is 0 Å². The number of aliphatic hydroxyl groups is 1. The van der Waals surface area contributed by atoms with E-state index >= 15 is 0 Å². The van der Waals surface area contributed by atoms with E-state index in [4.69, 9.17) is 14.6 Å². The predicted octanol–water partition coefficient (Wildman–Crippen LogP) is 1.87. The zero-order valence-electron chi connectivity index (χ0n) is 9.08. The van der Waals surface area contributed by atoms with Gasteiger partial charge >= 0.3 is 0 Å². The van der Waals surface area contributed by atoms with Gasteiger partial charge in [-0.05, 0) is 18.1 Å². The summed E-state index contributed by atoms with van der Waals surface area (Å²) >= 11 is 0. The van der Waals surface area contributed by atoms with Crippen LogP contribution in [0.2, 0.25) is 0 Å². The summed E-state index contributed by atoms with van der Waals surface area (Å²) in [6.45, 7) is 0.545. The van der Waals surface area contributed by atoms with E-state index in [9.17, 15) is 0 Å². The van der Waals surface area contributed by atoms with E-state index in [0.29, 0.717) is 6.61 Å². The smallest absolute Gasteiger partial charge is 0.147 e. The first-order valence-corrected chi connectivity index (χ1v) is 5.47. The van der Waals surface area contributed by atoms with E-state index < -0.39 is 0 Å². The highest BCUT2D eigenvalue weighted by Crippen LogP contribution is 2.16. The van der Waals surface area contributed by atoms with Crippen LogP contribution in [-0.4, -0.2) is 23.9 Å². The molecule has 0 aromatic heterocycles. The van der Waals surface area contributed by atoms with Crippen LogP contribution in [-0.2, 0) is 16.1 Å². The van der Waals surface area contributed by atoms with Gasteiger partial charge in [0.1, 0.15) is 12.2 Å². The third kappa shape index (κ3) is 2.84. The fourth-order valence-electron chi connectivity index (χ4n) is 1.70. The molecule has 0 unspecified atom stereocenters. The van der Waals surface area contributed by atoms with Crippen molar-refractivity contribution in [3.63, 3.8) is 0 Å². The van der Waals surface area contributed by atoms with Gasteiger partial charge in [-0.25, -0.2) is 0 Å². The molecular formula is C13H16O3. The molecule has 0 fully saturated rings. The Bertz CT molecular complexity index is 334. The van der Waals surface area contributed by atoms with Crippen molar-refractivity contribution < 1.29 is 14.6 Å². The van der Waals surface area contributed by atoms with Crippen LogP contribution in [0.1, 0.15) is 12.0 Å². The molecule has 0 saturated heterocycles. The van der Waals surface area contributed by atoms with E-state index in [-0.39, 0.29) is 18.8 Å². The Morgan fingerprint density at radius 2 is 2.12 bits per heavy atom. The van der Waals surface area contributed by atoms with Crippen molar-refractivity contribution in [1.82, 2.24) is 0 Å². The number of hydrogen-bond acceptors (Lipinski definition) is 3. The first-order valence-electron chi connectivity index (χ1n) is 5.47. The normalized spacial score (nSPS) is 24.1. The van der Waals surface area contributed by atoms with E-state index in [1.807, 2.05) is 36.4 Å². The van der Waals surface area contributed by atoms with Gasteiger partial charge in [0.25, 0.3) is 0 Å². The maximum atomic E-state index is 9.12. The van der Waals surface area contributed by atoms with Gasteiger partial charge in [0.05, 0.1) is 19.5 Å². The van der Waals surface area contributed by atoms with Crippen molar-refractivity contribution in [2.45, 2.75) is 25.2 Å². The minimum Gasteiger partial charge on any atom is -0.493 e. The lowest BCUT2D eigenvalue weighted by Crippen LogP contribution is -2.35. The molecule has 0 spiro atoms. The van der Waals surface area contributed by atoms with E-state index in [0.717, 1.165) is 12.0 Å². The van der Waals surface area contributed by atoms with E-state index in [1.165, 1.54) is 0 Å². The third-order valence-electron chi connectivity index (χ3n) is 2.62. The Labute approximate surface area is 95.3 Å². The van der Waals surface area contributed by atoms with Gasteiger partial charge in [0.2, 0.25) is 0 Å². The first kappa shape index (κ1) is 11.2. The summed E-state index contributed by atoms with van der Waals surface area (Å²) in [4.78, 5) is 0. The summed E-state index contributed by atoms with van der Waals surface area (Å²) in [6, 6.07) is 9.99. The molecule has 0 aliphatic carbocycles. The Hall–Kier alpha value is -1.32. The number of ether oxygens (including phenoxy) is 2. The molecule has 1 aliphatic heterocycles. The second-order valence-electron chi connectivity index (χ2n) is 3.80. The lowest BCUT2D eigenvalue weighted by atomic mass is 10.1. The molecule has 1 aromatic carbocycles. The monoisotopic (exact) mass is 220 g/mol. The largest absolute Gasteiger partial charge is 0.493 e. The van der Waals surface area contributed by atoms with Crippen LogP contribution in [0.25, 0.3) is 0 Å². The molecule has 86 valence electrons. The fraction of sp³-hybridized carbons (Fsp3) is 0.385. The summed E-state index contributed by atoms with van der Waals surface area (Å²) in [5.41, 5.74) is 1.13. The average Bonchev–Trinajstić information content (AvgIpc) is 2.38. The van der Waals surface area contributed by atoms with Crippen LogP contribution >= 0.6 is 0 Å². The standard InChI is InChI=1S/C13H16O3/c14-9-13-12(7-4-8-15-13)16-10-11-5-2-1-3-6-11/h1-6,8,12-14H,7,9-10H2/t12-,13+/m0/s1. The molecule has 0 amide bonds. The van der Waals surface area contributed by atoms with Crippen molar-refractivity contribution in [3.05, 3.63) is 48.2 Å². The number of rotatable bonds is 4. The van der Waals surface area contributed by atoms with Crippen LogP contribution in [0.5, 0.6) is 0 Å². The molecule has 2 rings (SSSR count). The van der Waals surface area contributed by atoms with Crippen molar-refractivity contribution in [3.8, 4) is 0 Å². The van der Waals surface area contributed by atoms with Crippen LogP contribution < -0.4 is 0 Å². The number of benzene rings is 1. The Kier molecular flexibility index (Phi) is 3.97. The van der Waals surface area contributed by atoms with Crippen LogP contribution in [0.3, 0.4) is 0 Å². The van der Waals surface area contributed by atoms with Gasteiger partial charge in [-0.1, -0.05) is 30.3 Å². The SMILES string of the molecule is OC[C@H]1OC=CC[C@@H]1OCc1ccccc1. The minimum atomic E-state index is -0.242. The molecule has 1 N–H and O–H groups in total. The van der Waals surface area contributed by atoms with Crippen molar-refractivity contribution in [1.29, 1.82) is 0 Å². The number of hydrogen-bond donors (Lipinski definition) is 1. The predicted molar refractivity (Wildman–Crippen MR) is 60.7 cm³/mol. The molecule has 1 heterocycles. The van der Waals surface area contributed by atoms with Crippen molar-refractivity contribution in [2.24, 2.45) is 0 Å². The Morgan fingerprint density at radius 3 is 2.88 bits per heavy atom. The second-order valence-corrected chi connectivity index (χ2v) is 3.80. The maximum Gasteiger partial charge on any atom is 0.147 e. The molecule has 3 nitrogen and oxygen atoms in total. The average molecular weight is 220 g/mol. The van der Waals surface area contributed by atoms with Crippen molar-refractivity contribution in [2.75, 3.05) is 6.61 Å². The van der Waals surface area contributed by atoms with Gasteiger partial charge in [-0.3, -0.25) is 0 Å². The third-order valence-corrected chi connectivity index (χ3v) is 2.62. The Balaban J connectivity index is 1.87. The molecule has 1 aliphatic rings.